The van der Waals surface area contributed by atoms with E-state index in [0.717, 1.165) is 16.9 Å². The van der Waals surface area contributed by atoms with Crippen LogP contribution in [0.5, 0.6) is 0 Å². The lowest BCUT2D eigenvalue weighted by Gasteiger charge is -2.29. The molecule has 0 saturated carbocycles. The van der Waals surface area contributed by atoms with Gasteiger partial charge in [-0.3, -0.25) is 9.59 Å². The Balaban J connectivity index is 1.90. The SMILES string of the molecule is CCC(=O)N1CCCN(C(=O)c2sccc2C)CC1c1nc(C)no1. The first kappa shape index (κ1) is 17.6. The van der Waals surface area contributed by atoms with Gasteiger partial charge in [0.1, 0.15) is 6.04 Å². The summed E-state index contributed by atoms with van der Waals surface area (Å²) in [6.07, 6.45) is 1.13. The lowest BCUT2D eigenvalue weighted by Crippen LogP contribution is -2.40. The fourth-order valence-corrected chi connectivity index (χ4v) is 3.96. The van der Waals surface area contributed by atoms with Crippen molar-refractivity contribution in [3.05, 3.63) is 33.6 Å². The van der Waals surface area contributed by atoms with Crippen LogP contribution in [0.25, 0.3) is 0 Å². The second-order valence-electron chi connectivity index (χ2n) is 6.17. The molecule has 1 unspecified atom stereocenters. The van der Waals surface area contributed by atoms with Crippen LogP contribution in [-0.2, 0) is 4.79 Å². The molecule has 1 saturated heterocycles. The van der Waals surface area contributed by atoms with E-state index < -0.39 is 6.04 Å². The molecule has 7 nitrogen and oxygen atoms in total. The predicted octanol–water partition coefficient (Wildman–Crippen LogP) is 2.57. The van der Waals surface area contributed by atoms with E-state index in [1.165, 1.54) is 11.3 Å². The molecule has 25 heavy (non-hydrogen) atoms. The fourth-order valence-electron chi connectivity index (χ4n) is 3.07. The normalized spacial score (nSPS) is 18.3. The topological polar surface area (TPSA) is 79.5 Å². The first-order valence-corrected chi connectivity index (χ1v) is 9.32. The average Bonchev–Trinajstić information content (AvgIpc) is 3.15. The van der Waals surface area contributed by atoms with Crippen molar-refractivity contribution >= 4 is 23.2 Å². The molecule has 0 aliphatic carbocycles. The molecule has 134 valence electrons. The molecule has 2 aromatic rings. The van der Waals surface area contributed by atoms with Crippen molar-refractivity contribution in [2.75, 3.05) is 19.6 Å². The van der Waals surface area contributed by atoms with E-state index in [1.54, 1.807) is 16.7 Å². The minimum atomic E-state index is -0.402. The van der Waals surface area contributed by atoms with E-state index in [9.17, 15) is 9.59 Å². The number of hydrogen-bond donors (Lipinski definition) is 0. The van der Waals surface area contributed by atoms with Crippen molar-refractivity contribution < 1.29 is 14.1 Å². The Morgan fingerprint density at radius 3 is 2.76 bits per heavy atom. The van der Waals surface area contributed by atoms with Crippen molar-refractivity contribution in [1.82, 2.24) is 19.9 Å². The molecule has 8 heteroatoms. The van der Waals surface area contributed by atoms with E-state index >= 15 is 0 Å². The van der Waals surface area contributed by atoms with Gasteiger partial charge < -0.3 is 14.3 Å². The number of hydrogen-bond acceptors (Lipinski definition) is 6. The number of thiophene rings is 1. The molecule has 2 aromatic heterocycles. The van der Waals surface area contributed by atoms with Crippen molar-refractivity contribution in [2.45, 2.75) is 39.7 Å². The van der Waals surface area contributed by atoms with Crippen molar-refractivity contribution in [1.29, 1.82) is 0 Å². The largest absolute Gasteiger partial charge is 0.337 e. The Morgan fingerprint density at radius 2 is 2.16 bits per heavy atom. The van der Waals surface area contributed by atoms with Crippen LogP contribution in [0.4, 0.5) is 0 Å². The molecule has 3 rings (SSSR count). The molecular formula is C17H22N4O3S. The van der Waals surface area contributed by atoms with Gasteiger partial charge in [-0.05, 0) is 37.3 Å². The summed E-state index contributed by atoms with van der Waals surface area (Å²) < 4.78 is 5.34. The summed E-state index contributed by atoms with van der Waals surface area (Å²) in [7, 11) is 0. The minimum Gasteiger partial charge on any atom is -0.337 e. The predicted molar refractivity (Wildman–Crippen MR) is 93.4 cm³/mol. The summed E-state index contributed by atoms with van der Waals surface area (Å²) >= 11 is 1.45. The van der Waals surface area contributed by atoms with Gasteiger partial charge in [0.15, 0.2) is 5.82 Å². The molecule has 0 aromatic carbocycles. The Morgan fingerprint density at radius 1 is 1.36 bits per heavy atom. The molecule has 1 atom stereocenters. The standard InChI is InChI=1S/C17H22N4O3S/c1-4-14(22)21-8-5-7-20(17(23)15-11(2)6-9-25-15)10-13(21)16-18-12(3)19-24-16/h6,9,13H,4-5,7-8,10H2,1-3H3. The number of carbonyl (C=O) groups excluding carboxylic acids is 2. The molecule has 2 amide bonds. The van der Waals surface area contributed by atoms with Gasteiger partial charge in [0.25, 0.3) is 11.8 Å². The summed E-state index contributed by atoms with van der Waals surface area (Å²) in [6.45, 7) is 7.06. The third-order valence-electron chi connectivity index (χ3n) is 4.39. The van der Waals surface area contributed by atoms with Crippen molar-refractivity contribution in [2.24, 2.45) is 0 Å². The zero-order valence-corrected chi connectivity index (χ0v) is 15.5. The van der Waals surface area contributed by atoms with Crippen LogP contribution >= 0.6 is 11.3 Å². The van der Waals surface area contributed by atoms with Gasteiger partial charge in [-0.25, -0.2) is 0 Å². The number of amides is 2. The van der Waals surface area contributed by atoms with Gasteiger partial charge in [0.05, 0.1) is 11.4 Å². The monoisotopic (exact) mass is 362 g/mol. The lowest BCUT2D eigenvalue weighted by atomic mass is 10.2. The van der Waals surface area contributed by atoms with Crippen molar-refractivity contribution in [3.8, 4) is 0 Å². The Hall–Kier alpha value is -2.22. The Labute approximate surface area is 150 Å². The number of carbonyl (C=O) groups is 2. The van der Waals surface area contributed by atoms with Crippen LogP contribution < -0.4 is 0 Å². The van der Waals surface area contributed by atoms with E-state index in [1.807, 2.05) is 25.3 Å². The maximum absolute atomic E-state index is 12.9. The van der Waals surface area contributed by atoms with E-state index in [4.69, 9.17) is 4.52 Å². The van der Waals surface area contributed by atoms with E-state index in [2.05, 4.69) is 10.1 Å². The van der Waals surface area contributed by atoms with E-state index in [-0.39, 0.29) is 11.8 Å². The first-order valence-electron chi connectivity index (χ1n) is 8.44. The summed E-state index contributed by atoms with van der Waals surface area (Å²) in [5, 5.41) is 5.77. The molecule has 1 aliphatic rings. The van der Waals surface area contributed by atoms with Gasteiger partial charge in [-0.15, -0.1) is 11.3 Å². The molecule has 1 fully saturated rings. The van der Waals surface area contributed by atoms with E-state index in [0.29, 0.717) is 37.8 Å². The zero-order chi connectivity index (χ0) is 18.0. The second kappa shape index (κ2) is 7.35. The molecule has 0 radical (unpaired) electrons. The van der Waals surface area contributed by atoms with Crippen LogP contribution in [0.15, 0.2) is 16.0 Å². The molecule has 3 heterocycles. The maximum atomic E-state index is 12.9. The average molecular weight is 362 g/mol. The summed E-state index contributed by atoms with van der Waals surface area (Å²) in [5.74, 6) is 0.944. The summed E-state index contributed by atoms with van der Waals surface area (Å²) in [6, 6.07) is 1.54. The number of aryl methyl sites for hydroxylation is 2. The lowest BCUT2D eigenvalue weighted by molar-refractivity contribution is -0.133. The number of rotatable bonds is 3. The zero-order valence-electron chi connectivity index (χ0n) is 14.7. The quantitative estimate of drug-likeness (QED) is 0.838. The first-order chi connectivity index (χ1) is 12.0. The third-order valence-corrected chi connectivity index (χ3v) is 5.40. The Kier molecular flexibility index (Phi) is 5.17. The molecule has 0 spiro atoms. The van der Waals surface area contributed by atoms with Crippen molar-refractivity contribution in [3.63, 3.8) is 0 Å². The summed E-state index contributed by atoms with van der Waals surface area (Å²) in [5.41, 5.74) is 0.978. The molecule has 0 N–H and O–H groups in total. The van der Waals surface area contributed by atoms with Crippen LogP contribution in [0, 0.1) is 13.8 Å². The van der Waals surface area contributed by atoms with Gasteiger partial charge in [0, 0.05) is 19.5 Å². The smallest absolute Gasteiger partial charge is 0.264 e. The highest BCUT2D eigenvalue weighted by molar-refractivity contribution is 7.12. The minimum absolute atomic E-state index is 0.000431. The molecule has 1 aliphatic heterocycles. The molecular weight excluding hydrogens is 340 g/mol. The summed E-state index contributed by atoms with van der Waals surface area (Å²) in [4.78, 5) is 34.0. The van der Waals surface area contributed by atoms with Crippen LogP contribution in [-0.4, -0.2) is 51.4 Å². The maximum Gasteiger partial charge on any atom is 0.264 e. The van der Waals surface area contributed by atoms with Gasteiger partial charge in [-0.2, -0.15) is 4.98 Å². The third kappa shape index (κ3) is 3.58. The van der Waals surface area contributed by atoms with Crippen LogP contribution in [0.3, 0.4) is 0 Å². The second-order valence-corrected chi connectivity index (χ2v) is 7.09. The van der Waals surface area contributed by atoms with Gasteiger partial charge in [0.2, 0.25) is 5.91 Å². The van der Waals surface area contributed by atoms with Crippen LogP contribution in [0.1, 0.15) is 52.8 Å². The highest BCUT2D eigenvalue weighted by Gasteiger charge is 2.35. The van der Waals surface area contributed by atoms with Gasteiger partial charge in [-0.1, -0.05) is 12.1 Å². The number of nitrogens with zero attached hydrogens (tertiary/aromatic N) is 4. The molecule has 0 bridgehead atoms. The number of aromatic nitrogens is 2. The fraction of sp³-hybridized carbons (Fsp3) is 0.529. The van der Waals surface area contributed by atoms with Crippen LogP contribution in [0.2, 0.25) is 0 Å². The highest BCUT2D eigenvalue weighted by Crippen LogP contribution is 2.27. The highest BCUT2D eigenvalue weighted by atomic mass is 32.1. The van der Waals surface area contributed by atoms with Gasteiger partial charge >= 0.3 is 0 Å². The Bertz CT molecular complexity index is 770.